The average molecular weight is 225 g/mol. The van der Waals surface area contributed by atoms with Crippen molar-refractivity contribution in [1.82, 2.24) is 15.5 Å². The molecule has 0 aliphatic carbocycles. The first-order valence-electron chi connectivity index (χ1n) is 5.91. The Hall–Kier alpha value is -0.940. The van der Waals surface area contributed by atoms with Crippen LogP contribution in [0.3, 0.4) is 0 Å². The molecular formula is C11H19N3O2. The fraction of sp³-hybridized carbons (Fsp3) is 0.818. The van der Waals surface area contributed by atoms with Crippen LogP contribution in [0.5, 0.6) is 0 Å². The third-order valence-electron chi connectivity index (χ3n) is 3.03. The van der Waals surface area contributed by atoms with E-state index in [4.69, 9.17) is 9.26 Å². The molecule has 2 heterocycles. The first kappa shape index (κ1) is 11.5. The highest BCUT2D eigenvalue weighted by Gasteiger charge is 2.21. The highest BCUT2D eigenvalue weighted by molar-refractivity contribution is 4.96. The molecule has 1 aromatic rings. The molecule has 90 valence electrons. The lowest BCUT2D eigenvalue weighted by Gasteiger charge is -2.10. The average Bonchev–Trinajstić information content (AvgIpc) is 2.64. The number of nitrogens with one attached hydrogen (secondary N) is 1. The SMILES string of the molecule is COC(C)c1nc(C2CCCCCN2)no1. The van der Waals surface area contributed by atoms with Crippen LogP contribution in [-0.2, 0) is 4.74 Å². The van der Waals surface area contributed by atoms with Crippen molar-refractivity contribution in [2.24, 2.45) is 0 Å². The van der Waals surface area contributed by atoms with Crippen LogP contribution >= 0.6 is 0 Å². The second-order valence-corrected chi connectivity index (χ2v) is 4.22. The number of methoxy groups -OCH3 is 1. The van der Waals surface area contributed by atoms with Crippen molar-refractivity contribution >= 4 is 0 Å². The van der Waals surface area contributed by atoms with Gasteiger partial charge >= 0.3 is 0 Å². The second kappa shape index (κ2) is 5.41. The number of ether oxygens (including phenoxy) is 1. The van der Waals surface area contributed by atoms with Gasteiger partial charge in [0.2, 0.25) is 0 Å². The summed E-state index contributed by atoms with van der Waals surface area (Å²) in [5.41, 5.74) is 0. The van der Waals surface area contributed by atoms with Crippen LogP contribution < -0.4 is 5.32 Å². The standard InChI is InChI=1S/C11H19N3O2/c1-8(15-2)11-13-10(14-16-11)9-6-4-3-5-7-12-9/h8-9,12H,3-7H2,1-2H3. The Labute approximate surface area is 95.6 Å². The molecule has 2 unspecified atom stereocenters. The van der Waals surface area contributed by atoms with Gasteiger partial charge in [0.15, 0.2) is 5.82 Å². The molecule has 0 amide bonds. The smallest absolute Gasteiger partial charge is 0.255 e. The fourth-order valence-electron chi connectivity index (χ4n) is 1.90. The lowest BCUT2D eigenvalue weighted by atomic mass is 10.1. The van der Waals surface area contributed by atoms with Gasteiger partial charge in [-0.1, -0.05) is 18.0 Å². The van der Waals surface area contributed by atoms with E-state index >= 15 is 0 Å². The number of hydrogen-bond acceptors (Lipinski definition) is 5. The zero-order valence-electron chi connectivity index (χ0n) is 9.90. The summed E-state index contributed by atoms with van der Waals surface area (Å²) in [6.07, 6.45) is 4.69. The molecule has 0 bridgehead atoms. The number of hydrogen-bond donors (Lipinski definition) is 1. The highest BCUT2D eigenvalue weighted by atomic mass is 16.5. The first-order valence-corrected chi connectivity index (χ1v) is 5.91. The summed E-state index contributed by atoms with van der Waals surface area (Å²) in [5.74, 6) is 1.32. The third kappa shape index (κ3) is 2.59. The molecule has 0 saturated carbocycles. The molecule has 5 heteroatoms. The maximum Gasteiger partial charge on any atom is 0.255 e. The van der Waals surface area contributed by atoms with Crippen LogP contribution in [0.2, 0.25) is 0 Å². The van der Waals surface area contributed by atoms with E-state index in [0.717, 1.165) is 18.8 Å². The Morgan fingerprint density at radius 2 is 2.31 bits per heavy atom. The number of nitrogens with zero attached hydrogens (tertiary/aromatic N) is 2. The Morgan fingerprint density at radius 3 is 3.12 bits per heavy atom. The van der Waals surface area contributed by atoms with Crippen LogP contribution in [0, 0.1) is 0 Å². The van der Waals surface area contributed by atoms with Gasteiger partial charge in [0.25, 0.3) is 5.89 Å². The maximum atomic E-state index is 5.19. The molecule has 2 atom stereocenters. The van der Waals surface area contributed by atoms with Gasteiger partial charge in [-0.2, -0.15) is 4.98 Å². The molecular weight excluding hydrogens is 206 g/mol. The Kier molecular flexibility index (Phi) is 3.90. The van der Waals surface area contributed by atoms with Gasteiger partial charge in [-0.05, 0) is 26.3 Å². The second-order valence-electron chi connectivity index (χ2n) is 4.22. The minimum Gasteiger partial charge on any atom is -0.372 e. The van der Waals surface area contributed by atoms with Crippen molar-refractivity contribution in [2.75, 3.05) is 13.7 Å². The summed E-state index contributed by atoms with van der Waals surface area (Å²) in [4.78, 5) is 4.38. The largest absolute Gasteiger partial charge is 0.372 e. The van der Waals surface area contributed by atoms with E-state index < -0.39 is 0 Å². The molecule has 1 aliphatic rings. The van der Waals surface area contributed by atoms with Gasteiger partial charge in [-0.3, -0.25) is 0 Å². The molecule has 1 saturated heterocycles. The summed E-state index contributed by atoms with van der Waals surface area (Å²) in [6, 6.07) is 0.240. The Bertz CT molecular complexity index is 319. The predicted octanol–water partition coefficient (Wildman–Crippen LogP) is 1.98. The van der Waals surface area contributed by atoms with E-state index in [0.29, 0.717) is 5.89 Å². The van der Waals surface area contributed by atoms with E-state index in [9.17, 15) is 0 Å². The quantitative estimate of drug-likeness (QED) is 0.852. The van der Waals surface area contributed by atoms with Crippen molar-refractivity contribution in [3.05, 3.63) is 11.7 Å². The van der Waals surface area contributed by atoms with Gasteiger partial charge in [-0.15, -0.1) is 0 Å². The molecule has 0 radical (unpaired) electrons. The third-order valence-corrected chi connectivity index (χ3v) is 3.03. The zero-order valence-corrected chi connectivity index (χ0v) is 9.90. The molecule has 1 aromatic heterocycles. The van der Waals surface area contributed by atoms with Crippen molar-refractivity contribution in [3.63, 3.8) is 0 Å². The van der Waals surface area contributed by atoms with Crippen molar-refractivity contribution in [3.8, 4) is 0 Å². The summed E-state index contributed by atoms with van der Waals surface area (Å²) in [5, 5.41) is 7.46. The normalized spacial score (nSPS) is 24.0. The van der Waals surface area contributed by atoms with Gasteiger partial charge in [-0.25, -0.2) is 0 Å². The summed E-state index contributed by atoms with van der Waals surface area (Å²) < 4.78 is 10.3. The first-order chi connectivity index (χ1) is 7.81. The van der Waals surface area contributed by atoms with Crippen LogP contribution in [0.1, 0.15) is 56.5 Å². The summed E-state index contributed by atoms with van der Waals surface area (Å²) in [7, 11) is 1.64. The van der Waals surface area contributed by atoms with E-state index in [1.54, 1.807) is 7.11 Å². The summed E-state index contributed by atoms with van der Waals surface area (Å²) >= 11 is 0. The zero-order chi connectivity index (χ0) is 11.4. The predicted molar refractivity (Wildman–Crippen MR) is 58.9 cm³/mol. The molecule has 0 spiro atoms. The van der Waals surface area contributed by atoms with Crippen molar-refractivity contribution in [2.45, 2.75) is 44.8 Å². The van der Waals surface area contributed by atoms with Crippen LogP contribution in [0.15, 0.2) is 4.52 Å². The molecule has 5 nitrogen and oxygen atoms in total. The molecule has 0 aromatic carbocycles. The highest BCUT2D eigenvalue weighted by Crippen LogP contribution is 2.22. The van der Waals surface area contributed by atoms with Gasteiger partial charge in [0.05, 0.1) is 6.04 Å². The van der Waals surface area contributed by atoms with E-state index in [2.05, 4.69) is 15.5 Å². The Morgan fingerprint density at radius 1 is 1.44 bits per heavy atom. The minimum atomic E-state index is -0.132. The van der Waals surface area contributed by atoms with Crippen LogP contribution in [0.4, 0.5) is 0 Å². The topological polar surface area (TPSA) is 60.2 Å². The van der Waals surface area contributed by atoms with E-state index in [1.165, 1.54) is 19.3 Å². The van der Waals surface area contributed by atoms with Gasteiger partial charge in [0, 0.05) is 7.11 Å². The fourth-order valence-corrected chi connectivity index (χ4v) is 1.90. The molecule has 1 fully saturated rings. The van der Waals surface area contributed by atoms with Crippen LogP contribution in [-0.4, -0.2) is 23.8 Å². The molecule has 2 rings (SSSR count). The lowest BCUT2D eigenvalue weighted by molar-refractivity contribution is 0.0886. The molecule has 1 N–H and O–H groups in total. The van der Waals surface area contributed by atoms with Crippen molar-refractivity contribution in [1.29, 1.82) is 0 Å². The minimum absolute atomic E-state index is 0.132. The van der Waals surface area contributed by atoms with E-state index in [1.807, 2.05) is 6.92 Å². The monoisotopic (exact) mass is 225 g/mol. The maximum absolute atomic E-state index is 5.19. The van der Waals surface area contributed by atoms with Crippen LogP contribution in [0.25, 0.3) is 0 Å². The number of rotatable bonds is 3. The van der Waals surface area contributed by atoms with E-state index in [-0.39, 0.29) is 12.1 Å². The van der Waals surface area contributed by atoms with Crippen molar-refractivity contribution < 1.29 is 9.26 Å². The molecule has 16 heavy (non-hydrogen) atoms. The molecule has 1 aliphatic heterocycles. The van der Waals surface area contributed by atoms with Gasteiger partial charge < -0.3 is 14.6 Å². The Balaban J connectivity index is 2.05. The lowest BCUT2D eigenvalue weighted by Crippen LogP contribution is -2.21. The summed E-state index contributed by atoms with van der Waals surface area (Å²) in [6.45, 7) is 2.94. The number of aromatic nitrogens is 2. The van der Waals surface area contributed by atoms with Gasteiger partial charge in [0.1, 0.15) is 6.10 Å².